The molecule has 0 aliphatic rings. The van der Waals surface area contributed by atoms with E-state index in [9.17, 15) is 36.6 Å². The van der Waals surface area contributed by atoms with Gasteiger partial charge < -0.3 is 34.3 Å². The van der Waals surface area contributed by atoms with E-state index >= 15 is 0 Å². The van der Waals surface area contributed by atoms with Gasteiger partial charge in [0.05, 0.1) is 39.1 Å². The zero-order valence-electron chi connectivity index (χ0n) is 17.5. The molecular formula is C17H30F6O9. The fourth-order valence-corrected chi connectivity index (χ4v) is 1.82. The third-order valence-electron chi connectivity index (χ3n) is 3.30. The average Bonchev–Trinajstić information content (AvgIpc) is 2.65. The zero-order valence-corrected chi connectivity index (χ0v) is 17.5. The smallest absolute Gasteiger partial charge is 0.396 e. The SMILES string of the molecule is CCC(O)COCCOCC(F)(F)OC(F)(F)OC(F)(F)COCC(O)COCCCO. The van der Waals surface area contributed by atoms with E-state index in [1.54, 1.807) is 6.92 Å². The molecule has 0 aliphatic carbocycles. The number of aliphatic hydroxyl groups excluding tert-OH is 3. The molecule has 3 N–H and O–H groups in total. The van der Waals surface area contributed by atoms with Gasteiger partial charge in [0.15, 0.2) is 0 Å². The Hall–Kier alpha value is -0.780. The van der Waals surface area contributed by atoms with Gasteiger partial charge in [0.2, 0.25) is 0 Å². The number of hydrogen-bond donors (Lipinski definition) is 3. The molecule has 2 atom stereocenters. The second-order valence-corrected chi connectivity index (χ2v) is 6.45. The summed E-state index contributed by atoms with van der Waals surface area (Å²) in [6.45, 7) is -3.72. The van der Waals surface area contributed by atoms with Gasteiger partial charge in [-0.3, -0.25) is 0 Å². The van der Waals surface area contributed by atoms with Gasteiger partial charge in [-0.05, 0) is 12.8 Å². The molecule has 0 heterocycles. The van der Waals surface area contributed by atoms with Crippen LogP contribution in [-0.4, -0.2) is 106 Å². The van der Waals surface area contributed by atoms with Crippen LogP contribution in [-0.2, 0) is 28.4 Å². The quantitative estimate of drug-likeness (QED) is 0.124. The highest BCUT2D eigenvalue weighted by Gasteiger charge is 2.52. The zero-order chi connectivity index (χ0) is 24.7. The van der Waals surface area contributed by atoms with Gasteiger partial charge in [0.1, 0.15) is 19.3 Å². The molecule has 32 heavy (non-hydrogen) atoms. The molecule has 0 fully saturated rings. The Labute approximate surface area is 181 Å². The Kier molecular flexibility index (Phi) is 15.6. The number of hydrogen-bond acceptors (Lipinski definition) is 9. The first-order chi connectivity index (χ1) is 14.8. The van der Waals surface area contributed by atoms with Crippen molar-refractivity contribution in [2.24, 2.45) is 0 Å². The number of aliphatic hydroxyl groups is 3. The van der Waals surface area contributed by atoms with Crippen molar-refractivity contribution in [3.8, 4) is 0 Å². The number of ether oxygens (including phenoxy) is 6. The largest absolute Gasteiger partial charge is 0.495 e. The Morgan fingerprint density at radius 3 is 1.72 bits per heavy atom. The predicted octanol–water partition coefficient (Wildman–Crippen LogP) is 1.34. The first-order valence-corrected chi connectivity index (χ1v) is 9.64. The van der Waals surface area contributed by atoms with E-state index in [0.29, 0.717) is 6.42 Å². The fourth-order valence-electron chi connectivity index (χ4n) is 1.82. The lowest BCUT2D eigenvalue weighted by molar-refractivity contribution is -0.518. The Morgan fingerprint density at radius 1 is 0.688 bits per heavy atom. The Bertz CT molecular complexity index is 474. The summed E-state index contributed by atoms with van der Waals surface area (Å²) in [6, 6.07) is 0. The first kappa shape index (κ1) is 31.2. The van der Waals surface area contributed by atoms with Crippen LogP contribution in [0.5, 0.6) is 0 Å². The van der Waals surface area contributed by atoms with Gasteiger partial charge in [-0.2, -0.15) is 17.6 Å². The van der Waals surface area contributed by atoms with Gasteiger partial charge >= 0.3 is 18.5 Å². The molecule has 0 saturated carbocycles. The molecular weight excluding hydrogens is 462 g/mol. The molecule has 0 aromatic carbocycles. The lowest BCUT2D eigenvalue weighted by Gasteiger charge is -2.26. The monoisotopic (exact) mass is 492 g/mol. The van der Waals surface area contributed by atoms with Crippen LogP contribution in [0, 0.1) is 0 Å². The van der Waals surface area contributed by atoms with Gasteiger partial charge in [0.25, 0.3) is 0 Å². The van der Waals surface area contributed by atoms with Crippen LogP contribution in [0.3, 0.4) is 0 Å². The molecule has 0 amide bonds. The lowest BCUT2D eigenvalue weighted by atomic mass is 10.3. The van der Waals surface area contributed by atoms with E-state index in [4.69, 9.17) is 14.6 Å². The van der Waals surface area contributed by atoms with Gasteiger partial charge in [-0.15, -0.1) is 8.78 Å². The summed E-state index contributed by atoms with van der Waals surface area (Å²) in [7, 11) is 0. The highest BCUT2D eigenvalue weighted by Crippen LogP contribution is 2.33. The van der Waals surface area contributed by atoms with E-state index in [1.165, 1.54) is 0 Å². The molecule has 194 valence electrons. The summed E-state index contributed by atoms with van der Waals surface area (Å²) in [5, 5.41) is 27.1. The summed E-state index contributed by atoms with van der Waals surface area (Å²) in [5.74, 6) is 0. The molecule has 9 nitrogen and oxygen atoms in total. The second-order valence-electron chi connectivity index (χ2n) is 6.45. The van der Waals surface area contributed by atoms with E-state index < -0.39 is 57.1 Å². The first-order valence-electron chi connectivity index (χ1n) is 9.64. The second kappa shape index (κ2) is 16.0. The number of halogens is 6. The molecule has 0 rings (SSSR count). The normalized spacial score (nSPS) is 15.2. The molecule has 0 bridgehead atoms. The minimum Gasteiger partial charge on any atom is -0.396 e. The number of rotatable bonds is 21. The summed E-state index contributed by atoms with van der Waals surface area (Å²) in [5.41, 5.74) is 0. The van der Waals surface area contributed by atoms with Crippen molar-refractivity contribution in [1.82, 2.24) is 0 Å². The maximum absolute atomic E-state index is 13.4. The maximum Gasteiger partial charge on any atom is 0.495 e. The van der Waals surface area contributed by atoms with E-state index in [0.717, 1.165) is 0 Å². The van der Waals surface area contributed by atoms with Crippen LogP contribution >= 0.6 is 0 Å². The van der Waals surface area contributed by atoms with Crippen molar-refractivity contribution in [3.63, 3.8) is 0 Å². The molecule has 0 saturated heterocycles. The minimum absolute atomic E-state index is 0.0798. The van der Waals surface area contributed by atoms with Crippen molar-refractivity contribution < 1.29 is 70.1 Å². The molecule has 0 aromatic rings. The van der Waals surface area contributed by atoms with E-state index in [2.05, 4.69) is 18.9 Å². The molecule has 0 aliphatic heterocycles. The van der Waals surface area contributed by atoms with Crippen molar-refractivity contribution in [1.29, 1.82) is 0 Å². The van der Waals surface area contributed by atoms with Gasteiger partial charge in [0, 0.05) is 13.2 Å². The standard InChI is InChI=1S/C17H30F6O9/c1-2-13(25)8-28-6-7-29-11-15(18,19)31-17(22,23)32-16(20,21)12-30-10-14(26)9-27-5-3-4-24/h13-14,24-26H,2-12H2,1H3. The summed E-state index contributed by atoms with van der Waals surface area (Å²) in [4.78, 5) is 0. The molecule has 0 aromatic heterocycles. The topological polar surface area (TPSA) is 116 Å². The minimum atomic E-state index is -5.40. The lowest BCUT2D eigenvalue weighted by Crippen LogP contribution is -2.44. The predicted molar refractivity (Wildman–Crippen MR) is 94.3 cm³/mol. The van der Waals surface area contributed by atoms with Crippen LogP contribution in [0.1, 0.15) is 19.8 Å². The fraction of sp³-hybridized carbons (Fsp3) is 1.00. The van der Waals surface area contributed by atoms with Crippen LogP contribution in [0.4, 0.5) is 26.3 Å². The molecule has 0 radical (unpaired) electrons. The highest BCUT2D eigenvalue weighted by atomic mass is 19.3. The van der Waals surface area contributed by atoms with E-state index in [-0.39, 0.29) is 39.5 Å². The summed E-state index contributed by atoms with van der Waals surface area (Å²) < 4.78 is 105. The Morgan fingerprint density at radius 2 is 1.16 bits per heavy atom. The van der Waals surface area contributed by atoms with Crippen molar-refractivity contribution >= 4 is 0 Å². The summed E-state index contributed by atoms with van der Waals surface area (Å²) >= 11 is 0. The molecule has 15 heteroatoms. The third kappa shape index (κ3) is 17.7. The highest BCUT2D eigenvalue weighted by molar-refractivity contribution is 4.59. The van der Waals surface area contributed by atoms with Crippen molar-refractivity contribution in [2.45, 2.75) is 50.5 Å². The van der Waals surface area contributed by atoms with Gasteiger partial charge in [-0.25, -0.2) is 9.47 Å². The maximum atomic E-state index is 13.4. The third-order valence-corrected chi connectivity index (χ3v) is 3.30. The molecule has 0 spiro atoms. The van der Waals surface area contributed by atoms with Crippen LogP contribution in [0.15, 0.2) is 0 Å². The summed E-state index contributed by atoms with van der Waals surface area (Å²) in [6.07, 6.45) is -16.3. The van der Waals surface area contributed by atoms with Crippen LogP contribution in [0.2, 0.25) is 0 Å². The van der Waals surface area contributed by atoms with Gasteiger partial charge in [-0.1, -0.05) is 6.92 Å². The molecule has 2 unspecified atom stereocenters. The van der Waals surface area contributed by atoms with Crippen molar-refractivity contribution in [3.05, 3.63) is 0 Å². The average molecular weight is 492 g/mol. The van der Waals surface area contributed by atoms with E-state index in [1.807, 2.05) is 0 Å². The Balaban J connectivity index is 4.22. The van der Waals surface area contributed by atoms with Crippen LogP contribution in [0.25, 0.3) is 0 Å². The number of alkyl halides is 6. The van der Waals surface area contributed by atoms with Crippen LogP contribution < -0.4 is 0 Å². The van der Waals surface area contributed by atoms with Crippen molar-refractivity contribution in [2.75, 3.05) is 59.5 Å².